The molecule has 2 aromatic rings. The molecule has 0 unspecified atom stereocenters. The van der Waals surface area contributed by atoms with Crippen LogP contribution in [-0.4, -0.2) is 5.16 Å². The Morgan fingerprint density at radius 3 is 2.50 bits per heavy atom. The summed E-state index contributed by atoms with van der Waals surface area (Å²) in [5, 5.41) is 5.24. The quantitative estimate of drug-likeness (QED) is 0.926. The van der Waals surface area contributed by atoms with Crippen molar-refractivity contribution in [2.75, 3.05) is 0 Å². The van der Waals surface area contributed by atoms with Gasteiger partial charge in [-0.3, -0.25) is 0 Å². The van der Waals surface area contributed by atoms with Crippen LogP contribution in [-0.2, 0) is 6.54 Å². The van der Waals surface area contributed by atoms with Crippen LogP contribution in [0.1, 0.15) is 30.1 Å². The van der Waals surface area contributed by atoms with Gasteiger partial charge < -0.3 is 10.3 Å². The van der Waals surface area contributed by atoms with Crippen molar-refractivity contribution in [2.45, 2.75) is 25.3 Å². The molecule has 1 saturated carbocycles. The van der Waals surface area contributed by atoms with E-state index in [9.17, 15) is 0 Å². The van der Waals surface area contributed by atoms with E-state index in [-0.39, 0.29) is 0 Å². The van der Waals surface area contributed by atoms with Crippen LogP contribution in [0, 0.1) is 0 Å². The van der Waals surface area contributed by atoms with E-state index < -0.39 is 0 Å². The Balaban J connectivity index is 2.16. The maximum absolute atomic E-state index is 6.19. The summed E-state index contributed by atoms with van der Waals surface area (Å²) >= 11 is 12.4. The molecule has 1 heterocycles. The number of nitrogens with two attached hydrogens (primary N) is 1. The van der Waals surface area contributed by atoms with E-state index in [0.29, 0.717) is 33.8 Å². The number of nitrogens with zero attached hydrogens (tertiary/aromatic N) is 1. The zero-order chi connectivity index (χ0) is 12.7. The van der Waals surface area contributed by atoms with Gasteiger partial charge in [0.15, 0.2) is 0 Å². The van der Waals surface area contributed by atoms with Crippen LogP contribution < -0.4 is 5.73 Å². The number of benzene rings is 1. The van der Waals surface area contributed by atoms with Gasteiger partial charge in [-0.1, -0.05) is 34.4 Å². The summed E-state index contributed by atoms with van der Waals surface area (Å²) in [5.41, 5.74) is 8.12. The van der Waals surface area contributed by atoms with Gasteiger partial charge in [0.05, 0.1) is 10.0 Å². The average Bonchev–Trinajstić information content (AvgIpc) is 3.10. The van der Waals surface area contributed by atoms with Crippen LogP contribution in [0.2, 0.25) is 10.0 Å². The lowest BCUT2D eigenvalue weighted by atomic mass is 10.0. The molecule has 0 radical (unpaired) electrons. The fourth-order valence-corrected chi connectivity index (χ4v) is 2.68. The summed E-state index contributed by atoms with van der Waals surface area (Å²) in [6, 6.07) is 5.38. The number of rotatable bonds is 3. The van der Waals surface area contributed by atoms with Gasteiger partial charge >= 0.3 is 0 Å². The molecule has 0 aliphatic heterocycles. The molecule has 3 rings (SSSR count). The first-order chi connectivity index (χ1) is 8.72. The van der Waals surface area contributed by atoms with Crippen LogP contribution in [0.5, 0.6) is 0 Å². The van der Waals surface area contributed by atoms with E-state index >= 15 is 0 Å². The van der Waals surface area contributed by atoms with Crippen molar-refractivity contribution in [1.29, 1.82) is 0 Å². The third kappa shape index (κ3) is 1.92. The summed E-state index contributed by atoms with van der Waals surface area (Å²) in [5.74, 6) is 1.36. The van der Waals surface area contributed by atoms with Crippen LogP contribution in [0.3, 0.4) is 0 Å². The third-order valence-electron chi connectivity index (χ3n) is 3.17. The molecule has 1 aliphatic carbocycles. The molecule has 0 saturated heterocycles. The molecule has 0 atom stereocenters. The molecule has 1 aliphatic rings. The van der Waals surface area contributed by atoms with Crippen molar-refractivity contribution in [3.63, 3.8) is 0 Å². The van der Waals surface area contributed by atoms with E-state index in [1.807, 2.05) is 0 Å². The van der Waals surface area contributed by atoms with Crippen LogP contribution in [0.15, 0.2) is 22.7 Å². The van der Waals surface area contributed by atoms with Crippen molar-refractivity contribution in [1.82, 2.24) is 5.16 Å². The second-order valence-corrected chi connectivity index (χ2v) is 5.26. The molecule has 3 nitrogen and oxygen atoms in total. The highest BCUT2D eigenvalue weighted by atomic mass is 35.5. The number of aromatic nitrogens is 1. The van der Waals surface area contributed by atoms with Gasteiger partial charge in [-0.25, -0.2) is 0 Å². The Morgan fingerprint density at radius 2 is 1.94 bits per heavy atom. The monoisotopic (exact) mass is 282 g/mol. The molecule has 0 bridgehead atoms. The van der Waals surface area contributed by atoms with E-state index in [2.05, 4.69) is 5.16 Å². The van der Waals surface area contributed by atoms with Gasteiger partial charge in [0, 0.05) is 23.6 Å². The topological polar surface area (TPSA) is 52.0 Å². The van der Waals surface area contributed by atoms with Gasteiger partial charge in [-0.2, -0.15) is 0 Å². The first-order valence-electron chi connectivity index (χ1n) is 5.85. The first kappa shape index (κ1) is 12.0. The van der Waals surface area contributed by atoms with Crippen molar-refractivity contribution in [3.05, 3.63) is 39.6 Å². The van der Waals surface area contributed by atoms with Crippen molar-refractivity contribution < 1.29 is 4.52 Å². The third-order valence-corrected chi connectivity index (χ3v) is 3.80. The zero-order valence-electron chi connectivity index (χ0n) is 9.62. The van der Waals surface area contributed by atoms with Gasteiger partial charge in [0.25, 0.3) is 0 Å². The molecule has 0 amide bonds. The van der Waals surface area contributed by atoms with Gasteiger partial charge in [-0.05, 0) is 25.0 Å². The maximum atomic E-state index is 6.19. The molecule has 1 fully saturated rings. The summed E-state index contributed by atoms with van der Waals surface area (Å²) in [7, 11) is 0. The van der Waals surface area contributed by atoms with E-state index in [4.69, 9.17) is 33.5 Å². The van der Waals surface area contributed by atoms with Gasteiger partial charge in [0.2, 0.25) is 0 Å². The molecule has 1 aromatic heterocycles. The minimum Gasteiger partial charge on any atom is -0.360 e. The lowest BCUT2D eigenvalue weighted by Crippen LogP contribution is -2.00. The molecule has 2 N–H and O–H groups in total. The smallest absolute Gasteiger partial charge is 0.144 e. The molecular formula is C13H12Cl2N2O. The lowest BCUT2D eigenvalue weighted by molar-refractivity contribution is 0.384. The SMILES string of the molecule is NCc1c(-c2c(Cl)cccc2Cl)noc1C1CC1. The number of hydrogen-bond acceptors (Lipinski definition) is 3. The van der Waals surface area contributed by atoms with Crippen molar-refractivity contribution in [3.8, 4) is 11.3 Å². The predicted octanol–water partition coefficient (Wildman–Crippen LogP) is 3.98. The van der Waals surface area contributed by atoms with Crippen molar-refractivity contribution in [2.24, 2.45) is 5.73 Å². The zero-order valence-corrected chi connectivity index (χ0v) is 11.1. The highest BCUT2D eigenvalue weighted by molar-refractivity contribution is 6.39. The van der Waals surface area contributed by atoms with Gasteiger partial charge in [-0.15, -0.1) is 0 Å². The minimum absolute atomic E-state index is 0.381. The molecular weight excluding hydrogens is 271 g/mol. The lowest BCUT2D eigenvalue weighted by Gasteiger charge is -2.05. The maximum Gasteiger partial charge on any atom is 0.144 e. The molecule has 5 heteroatoms. The van der Waals surface area contributed by atoms with E-state index in [1.54, 1.807) is 18.2 Å². The van der Waals surface area contributed by atoms with Crippen LogP contribution >= 0.6 is 23.2 Å². The predicted molar refractivity (Wildman–Crippen MR) is 71.8 cm³/mol. The number of hydrogen-bond donors (Lipinski definition) is 1. The van der Waals surface area contributed by atoms with Crippen molar-refractivity contribution >= 4 is 23.2 Å². The summed E-state index contributed by atoms with van der Waals surface area (Å²) < 4.78 is 5.43. The van der Waals surface area contributed by atoms with E-state index in [1.165, 1.54) is 0 Å². The Morgan fingerprint density at radius 1 is 1.28 bits per heavy atom. The highest BCUT2D eigenvalue weighted by Gasteiger charge is 2.32. The Hall–Kier alpha value is -1.03. The second kappa shape index (κ2) is 4.57. The van der Waals surface area contributed by atoms with Crippen LogP contribution in [0.4, 0.5) is 0 Å². The summed E-state index contributed by atoms with van der Waals surface area (Å²) in [6.07, 6.45) is 2.27. The van der Waals surface area contributed by atoms with Gasteiger partial charge in [0.1, 0.15) is 11.5 Å². The fraction of sp³-hybridized carbons (Fsp3) is 0.308. The molecule has 1 aromatic carbocycles. The largest absolute Gasteiger partial charge is 0.360 e. The van der Waals surface area contributed by atoms with Crippen LogP contribution in [0.25, 0.3) is 11.3 Å². The fourth-order valence-electron chi connectivity index (χ4n) is 2.11. The Kier molecular flexibility index (Phi) is 3.06. The molecule has 18 heavy (non-hydrogen) atoms. The summed E-state index contributed by atoms with van der Waals surface area (Å²) in [6.45, 7) is 0.381. The summed E-state index contributed by atoms with van der Waals surface area (Å²) in [4.78, 5) is 0. The normalized spacial score (nSPS) is 15.1. The number of halogens is 2. The highest BCUT2D eigenvalue weighted by Crippen LogP contribution is 2.45. The second-order valence-electron chi connectivity index (χ2n) is 4.45. The molecule has 0 spiro atoms. The average molecular weight is 283 g/mol. The Bertz CT molecular complexity index is 570. The molecule has 94 valence electrons. The Labute approximate surface area is 115 Å². The first-order valence-corrected chi connectivity index (χ1v) is 6.61. The minimum atomic E-state index is 0.381. The standard InChI is InChI=1S/C13H12Cl2N2O/c14-9-2-1-3-10(15)11(9)12-8(6-16)13(18-17-12)7-4-5-7/h1-3,7H,4-6,16H2. The van der Waals surface area contributed by atoms with E-state index in [0.717, 1.165) is 24.2 Å².